The van der Waals surface area contributed by atoms with Crippen molar-refractivity contribution in [3.05, 3.63) is 29.8 Å². The van der Waals surface area contributed by atoms with Crippen molar-refractivity contribution in [2.45, 2.75) is 37.5 Å². The van der Waals surface area contributed by atoms with Crippen molar-refractivity contribution in [3.63, 3.8) is 0 Å². The third kappa shape index (κ3) is 3.51. The fraction of sp³-hybridized carbons (Fsp3) is 0.562. The van der Waals surface area contributed by atoms with Gasteiger partial charge in [0.05, 0.1) is 38.0 Å². The SMILES string of the molecule is NC(=NC[C@H]1CC[C@@H](CO)O1)NC1CCOc2ccccc21. The van der Waals surface area contributed by atoms with Gasteiger partial charge in [0.2, 0.25) is 0 Å². The number of nitrogens with two attached hydrogens (primary N) is 1. The van der Waals surface area contributed by atoms with Gasteiger partial charge in [0.15, 0.2) is 5.96 Å². The van der Waals surface area contributed by atoms with E-state index in [9.17, 15) is 0 Å². The molecule has 4 N–H and O–H groups in total. The second kappa shape index (κ2) is 6.98. The first-order chi connectivity index (χ1) is 10.8. The molecule has 3 atom stereocenters. The third-order valence-corrected chi connectivity index (χ3v) is 4.15. The van der Waals surface area contributed by atoms with E-state index >= 15 is 0 Å². The Hall–Kier alpha value is -1.79. The number of para-hydroxylation sites is 1. The highest BCUT2D eigenvalue weighted by molar-refractivity contribution is 5.78. The lowest BCUT2D eigenvalue weighted by Gasteiger charge is -2.27. The number of ether oxygens (including phenoxy) is 2. The van der Waals surface area contributed by atoms with Crippen molar-refractivity contribution < 1.29 is 14.6 Å². The van der Waals surface area contributed by atoms with Crippen LogP contribution in [-0.4, -0.2) is 43.0 Å². The number of nitrogens with zero attached hydrogens (tertiary/aromatic N) is 1. The Morgan fingerprint density at radius 1 is 1.27 bits per heavy atom. The average molecular weight is 305 g/mol. The molecule has 0 amide bonds. The Kier molecular flexibility index (Phi) is 4.80. The van der Waals surface area contributed by atoms with E-state index in [1.165, 1.54) is 0 Å². The molecule has 0 saturated carbocycles. The summed E-state index contributed by atoms with van der Waals surface area (Å²) >= 11 is 0. The number of hydrogen-bond acceptors (Lipinski definition) is 4. The maximum absolute atomic E-state index is 9.06. The minimum absolute atomic E-state index is 0.0447. The number of aliphatic imine (C=N–C) groups is 1. The quantitative estimate of drug-likeness (QED) is 0.569. The summed E-state index contributed by atoms with van der Waals surface area (Å²) in [6.45, 7) is 1.28. The smallest absolute Gasteiger partial charge is 0.189 e. The van der Waals surface area contributed by atoms with Crippen LogP contribution in [0, 0.1) is 0 Å². The number of aliphatic hydroxyl groups is 1. The topological polar surface area (TPSA) is 89.1 Å². The van der Waals surface area contributed by atoms with Crippen LogP contribution in [0.1, 0.15) is 30.9 Å². The zero-order chi connectivity index (χ0) is 15.4. The molecule has 2 aliphatic rings. The van der Waals surface area contributed by atoms with E-state index in [0.29, 0.717) is 19.1 Å². The van der Waals surface area contributed by atoms with Crippen LogP contribution in [0.4, 0.5) is 0 Å². The number of nitrogens with one attached hydrogen (secondary N) is 1. The largest absolute Gasteiger partial charge is 0.493 e. The molecule has 22 heavy (non-hydrogen) atoms. The molecule has 6 heteroatoms. The van der Waals surface area contributed by atoms with Gasteiger partial charge in [-0.05, 0) is 18.9 Å². The number of hydrogen-bond donors (Lipinski definition) is 3. The van der Waals surface area contributed by atoms with Gasteiger partial charge in [-0.3, -0.25) is 4.99 Å². The first-order valence-corrected chi connectivity index (χ1v) is 7.80. The lowest BCUT2D eigenvalue weighted by molar-refractivity contribution is 0.0160. The fourth-order valence-corrected chi connectivity index (χ4v) is 2.97. The monoisotopic (exact) mass is 305 g/mol. The Morgan fingerprint density at radius 2 is 2.09 bits per heavy atom. The van der Waals surface area contributed by atoms with Crippen molar-refractivity contribution >= 4 is 5.96 Å². The van der Waals surface area contributed by atoms with E-state index < -0.39 is 0 Å². The van der Waals surface area contributed by atoms with E-state index in [4.69, 9.17) is 20.3 Å². The van der Waals surface area contributed by atoms with E-state index in [2.05, 4.69) is 10.3 Å². The van der Waals surface area contributed by atoms with Gasteiger partial charge < -0.3 is 25.6 Å². The molecule has 1 unspecified atom stereocenters. The van der Waals surface area contributed by atoms with Crippen LogP contribution in [0.15, 0.2) is 29.3 Å². The van der Waals surface area contributed by atoms with E-state index in [-0.39, 0.29) is 24.9 Å². The van der Waals surface area contributed by atoms with E-state index in [1.807, 2.05) is 24.3 Å². The van der Waals surface area contributed by atoms with Crippen molar-refractivity contribution in [1.29, 1.82) is 0 Å². The fourth-order valence-electron chi connectivity index (χ4n) is 2.97. The van der Waals surface area contributed by atoms with Gasteiger partial charge in [0.25, 0.3) is 0 Å². The van der Waals surface area contributed by atoms with Crippen LogP contribution in [-0.2, 0) is 4.74 Å². The molecule has 6 nitrogen and oxygen atoms in total. The van der Waals surface area contributed by atoms with Gasteiger partial charge in [-0.15, -0.1) is 0 Å². The van der Waals surface area contributed by atoms with Crippen LogP contribution in [0.25, 0.3) is 0 Å². The van der Waals surface area contributed by atoms with Gasteiger partial charge in [-0.1, -0.05) is 18.2 Å². The first-order valence-electron chi connectivity index (χ1n) is 7.80. The molecule has 0 bridgehead atoms. The standard InChI is InChI=1S/C16H23N3O3/c17-16(18-9-11-5-6-12(10-20)22-11)19-14-7-8-21-15-4-2-1-3-13(14)15/h1-4,11-12,14,20H,5-10H2,(H3,17,18,19)/t11-,12+,14?/m1/s1. The Balaban J connectivity index is 1.56. The molecule has 0 aromatic heterocycles. The lowest BCUT2D eigenvalue weighted by Crippen LogP contribution is -2.38. The van der Waals surface area contributed by atoms with Crippen molar-refractivity contribution in [2.24, 2.45) is 10.7 Å². The molecule has 0 spiro atoms. The van der Waals surface area contributed by atoms with Crippen molar-refractivity contribution in [3.8, 4) is 5.75 Å². The second-order valence-electron chi connectivity index (χ2n) is 5.74. The molecule has 2 heterocycles. The molecular weight excluding hydrogens is 282 g/mol. The summed E-state index contributed by atoms with van der Waals surface area (Å²) in [5, 5.41) is 12.3. The van der Waals surface area contributed by atoms with Crippen LogP contribution < -0.4 is 15.8 Å². The summed E-state index contributed by atoms with van der Waals surface area (Å²) in [6, 6.07) is 8.11. The number of benzene rings is 1. The lowest BCUT2D eigenvalue weighted by atomic mass is 10.0. The van der Waals surface area contributed by atoms with Crippen LogP contribution in [0.2, 0.25) is 0 Å². The van der Waals surface area contributed by atoms with Gasteiger partial charge in [-0.25, -0.2) is 0 Å². The van der Waals surface area contributed by atoms with E-state index in [1.54, 1.807) is 0 Å². The molecule has 1 aromatic rings. The Bertz CT molecular complexity index is 535. The average Bonchev–Trinajstić information content (AvgIpc) is 3.01. The molecule has 2 aliphatic heterocycles. The Labute approximate surface area is 130 Å². The van der Waals surface area contributed by atoms with Crippen molar-refractivity contribution in [1.82, 2.24) is 5.32 Å². The molecule has 1 saturated heterocycles. The van der Waals surface area contributed by atoms with Crippen molar-refractivity contribution in [2.75, 3.05) is 19.8 Å². The summed E-state index contributed by atoms with van der Waals surface area (Å²) in [5.41, 5.74) is 7.12. The van der Waals surface area contributed by atoms with Crippen LogP contribution >= 0.6 is 0 Å². The highest BCUT2D eigenvalue weighted by Crippen LogP contribution is 2.31. The predicted molar refractivity (Wildman–Crippen MR) is 83.9 cm³/mol. The van der Waals surface area contributed by atoms with Gasteiger partial charge in [-0.2, -0.15) is 0 Å². The number of aliphatic hydroxyl groups excluding tert-OH is 1. The van der Waals surface area contributed by atoms with E-state index in [0.717, 1.165) is 30.6 Å². The zero-order valence-electron chi connectivity index (χ0n) is 12.6. The predicted octanol–water partition coefficient (Wildman–Crippen LogP) is 0.954. The molecule has 120 valence electrons. The van der Waals surface area contributed by atoms with Crippen LogP contribution in [0.5, 0.6) is 5.75 Å². The van der Waals surface area contributed by atoms with Crippen LogP contribution in [0.3, 0.4) is 0 Å². The summed E-state index contributed by atoms with van der Waals surface area (Å²) in [5.74, 6) is 1.33. The zero-order valence-corrected chi connectivity index (χ0v) is 12.6. The molecular formula is C16H23N3O3. The summed E-state index contributed by atoms with van der Waals surface area (Å²) in [7, 11) is 0. The summed E-state index contributed by atoms with van der Waals surface area (Å²) in [4.78, 5) is 4.38. The molecule has 1 aromatic carbocycles. The normalized spacial score (nSPS) is 28.0. The number of guanidine groups is 1. The number of rotatable bonds is 4. The maximum Gasteiger partial charge on any atom is 0.189 e. The highest BCUT2D eigenvalue weighted by atomic mass is 16.5. The molecule has 0 radical (unpaired) electrons. The summed E-state index contributed by atoms with van der Waals surface area (Å²) in [6.07, 6.45) is 2.68. The first kappa shape index (κ1) is 15.1. The maximum atomic E-state index is 9.06. The molecule has 3 rings (SSSR count). The van der Waals surface area contributed by atoms with Gasteiger partial charge in [0.1, 0.15) is 5.75 Å². The summed E-state index contributed by atoms with van der Waals surface area (Å²) < 4.78 is 11.3. The number of fused-ring (bicyclic) bond motifs is 1. The minimum Gasteiger partial charge on any atom is -0.493 e. The van der Waals surface area contributed by atoms with Gasteiger partial charge in [0, 0.05) is 12.0 Å². The minimum atomic E-state index is -0.0447. The highest BCUT2D eigenvalue weighted by Gasteiger charge is 2.25. The van der Waals surface area contributed by atoms with Gasteiger partial charge >= 0.3 is 0 Å². The Morgan fingerprint density at radius 3 is 2.91 bits per heavy atom. The second-order valence-corrected chi connectivity index (χ2v) is 5.74. The molecule has 1 fully saturated rings. The molecule has 0 aliphatic carbocycles. The third-order valence-electron chi connectivity index (χ3n) is 4.15.